The number of para-hydroxylation sites is 2. The number of nitrogens with one attached hydrogen (secondary N) is 1. The highest BCUT2D eigenvalue weighted by Crippen LogP contribution is 2.32. The Morgan fingerprint density at radius 2 is 1.60 bits per heavy atom. The molecule has 10 heavy (non-hydrogen) atoms. The molecular weight excluding hydrogens is 132 g/mol. The Morgan fingerprint density at radius 3 is 2.10 bits per heavy atom. The molecule has 0 saturated heterocycles. The van der Waals surface area contributed by atoms with Crippen molar-refractivity contribution in [1.29, 1.82) is 0 Å². The molecule has 2 rings (SSSR count). The zero-order valence-corrected chi connectivity index (χ0v) is 5.07. The van der Waals surface area contributed by atoms with E-state index in [1.807, 2.05) is 12.1 Å². The van der Waals surface area contributed by atoms with Crippen LogP contribution in [0.1, 0.15) is 0 Å². The first-order valence-corrected chi connectivity index (χ1v) is 2.82. The minimum atomic E-state index is 0.574. The average Bonchev–Trinajstić information content (AvgIpc) is 2.27. The SMILES string of the molecule is [NH-]N1Oc2ccccc2O1. The average molecular weight is 137 g/mol. The van der Waals surface area contributed by atoms with Gasteiger partial charge < -0.3 is 15.5 Å². The molecule has 0 spiro atoms. The summed E-state index contributed by atoms with van der Waals surface area (Å²) in [6.07, 6.45) is 0. The van der Waals surface area contributed by atoms with E-state index >= 15 is 0 Å². The Kier molecular flexibility index (Phi) is 1.03. The molecule has 52 valence electrons. The largest absolute Gasteiger partial charge is 0.536 e. The normalized spacial score (nSPS) is 15.7. The van der Waals surface area contributed by atoms with Crippen molar-refractivity contribution in [2.75, 3.05) is 0 Å². The van der Waals surface area contributed by atoms with Crippen molar-refractivity contribution in [2.45, 2.75) is 0 Å². The standard InChI is InChI=1S/C6H5N2O2/c7-8-9-5-3-1-2-4-6(5)10-8/h1-4,7H/q-1. The molecule has 0 saturated carbocycles. The molecular formula is C6H5N2O2-. The van der Waals surface area contributed by atoms with Crippen LogP contribution in [0.15, 0.2) is 24.3 Å². The Balaban J connectivity index is 2.42. The van der Waals surface area contributed by atoms with Gasteiger partial charge in [-0.1, -0.05) is 17.5 Å². The molecule has 0 radical (unpaired) electrons. The van der Waals surface area contributed by atoms with E-state index in [1.165, 1.54) is 0 Å². The highest BCUT2D eigenvalue weighted by atomic mass is 17.0. The fourth-order valence-corrected chi connectivity index (χ4v) is 0.798. The monoisotopic (exact) mass is 137 g/mol. The van der Waals surface area contributed by atoms with E-state index in [0.29, 0.717) is 16.8 Å². The maximum atomic E-state index is 6.91. The van der Waals surface area contributed by atoms with Crippen LogP contribution < -0.4 is 9.68 Å². The maximum Gasteiger partial charge on any atom is 0.194 e. The minimum Gasteiger partial charge on any atom is -0.536 e. The van der Waals surface area contributed by atoms with Crippen LogP contribution in [0.4, 0.5) is 0 Å². The summed E-state index contributed by atoms with van der Waals surface area (Å²) in [4.78, 5) is 9.57. The highest BCUT2D eigenvalue weighted by Gasteiger charge is 2.13. The Bertz CT molecular complexity index is 226. The van der Waals surface area contributed by atoms with Crippen molar-refractivity contribution in [1.82, 2.24) is 5.34 Å². The van der Waals surface area contributed by atoms with Crippen LogP contribution in [0, 0.1) is 0 Å². The van der Waals surface area contributed by atoms with Crippen LogP contribution in [0.25, 0.3) is 5.84 Å². The zero-order chi connectivity index (χ0) is 6.97. The van der Waals surface area contributed by atoms with Gasteiger partial charge in [0.2, 0.25) is 0 Å². The van der Waals surface area contributed by atoms with Crippen molar-refractivity contribution in [2.24, 2.45) is 0 Å². The van der Waals surface area contributed by atoms with Gasteiger partial charge in [0.05, 0.1) is 0 Å². The summed E-state index contributed by atoms with van der Waals surface area (Å²) in [5.74, 6) is 8.07. The molecule has 1 aromatic rings. The van der Waals surface area contributed by atoms with Crippen LogP contribution >= 0.6 is 0 Å². The van der Waals surface area contributed by atoms with Crippen LogP contribution in [0.5, 0.6) is 11.5 Å². The molecule has 1 N–H and O–H groups in total. The van der Waals surface area contributed by atoms with Gasteiger partial charge in [-0.2, -0.15) is 0 Å². The van der Waals surface area contributed by atoms with Crippen molar-refractivity contribution < 1.29 is 9.68 Å². The summed E-state index contributed by atoms with van der Waals surface area (Å²) in [6, 6.07) is 7.12. The van der Waals surface area contributed by atoms with E-state index in [9.17, 15) is 0 Å². The minimum absolute atomic E-state index is 0.574. The Labute approximate surface area is 57.6 Å². The second kappa shape index (κ2) is 1.86. The van der Waals surface area contributed by atoms with Crippen LogP contribution in [0.2, 0.25) is 0 Å². The fourth-order valence-electron chi connectivity index (χ4n) is 0.798. The second-order valence-electron chi connectivity index (χ2n) is 1.89. The van der Waals surface area contributed by atoms with Gasteiger partial charge in [-0.15, -0.1) is 0 Å². The van der Waals surface area contributed by atoms with Crippen LogP contribution in [-0.4, -0.2) is 5.34 Å². The predicted octanol–water partition coefficient (Wildman–Crippen LogP) is 1.56. The van der Waals surface area contributed by atoms with Gasteiger partial charge in [0, 0.05) is 0 Å². The van der Waals surface area contributed by atoms with E-state index in [1.54, 1.807) is 12.1 Å². The second-order valence-corrected chi connectivity index (χ2v) is 1.89. The molecule has 1 aromatic carbocycles. The zero-order valence-electron chi connectivity index (χ0n) is 5.07. The lowest BCUT2D eigenvalue weighted by molar-refractivity contribution is -0.182. The molecule has 0 aliphatic carbocycles. The molecule has 0 aromatic heterocycles. The van der Waals surface area contributed by atoms with E-state index < -0.39 is 0 Å². The van der Waals surface area contributed by atoms with Crippen LogP contribution in [0.3, 0.4) is 0 Å². The van der Waals surface area contributed by atoms with E-state index in [-0.39, 0.29) is 0 Å². The molecule has 0 fully saturated rings. The smallest absolute Gasteiger partial charge is 0.194 e. The summed E-state index contributed by atoms with van der Waals surface area (Å²) < 4.78 is 0. The van der Waals surface area contributed by atoms with Crippen molar-refractivity contribution in [3.05, 3.63) is 30.1 Å². The summed E-state index contributed by atoms with van der Waals surface area (Å²) in [7, 11) is 0. The summed E-state index contributed by atoms with van der Waals surface area (Å²) in [6.45, 7) is 0. The lowest BCUT2D eigenvalue weighted by Crippen LogP contribution is -2.14. The van der Waals surface area contributed by atoms with Crippen molar-refractivity contribution in [3.63, 3.8) is 0 Å². The van der Waals surface area contributed by atoms with Crippen molar-refractivity contribution >= 4 is 0 Å². The lowest BCUT2D eigenvalue weighted by atomic mass is 10.3. The van der Waals surface area contributed by atoms with Crippen LogP contribution in [-0.2, 0) is 0 Å². The molecule has 0 atom stereocenters. The van der Waals surface area contributed by atoms with E-state index in [0.717, 1.165) is 0 Å². The highest BCUT2D eigenvalue weighted by molar-refractivity contribution is 5.40. The number of rotatable bonds is 0. The third-order valence-electron chi connectivity index (χ3n) is 1.21. The quantitative estimate of drug-likeness (QED) is 0.545. The number of fused-ring (bicyclic) bond motifs is 1. The molecule has 4 heteroatoms. The molecule has 0 amide bonds. The lowest BCUT2D eigenvalue weighted by Gasteiger charge is -2.13. The third-order valence-corrected chi connectivity index (χ3v) is 1.21. The summed E-state index contributed by atoms with van der Waals surface area (Å²) >= 11 is 0. The predicted molar refractivity (Wildman–Crippen MR) is 33.9 cm³/mol. The number of benzene rings is 1. The summed E-state index contributed by atoms with van der Waals surface area (Å²) in [5.41, 5.74) is 0. The Hall–Kier alpha value is -1.26. The first-order valence-electron chi connectivity index (χ1n) is 2.82. The first-order chi connectivity index (χ1) is 4.86. The fraction of sp³-hybridized carbons (Fsp3) is 0. The van der Waals surface area contributed by atoms with Gasteiger partial charge in [0.1, 0.15) is 0 Å². The molecule has 0 bridgehead atoms. The van der Waals surface area contributed by atoms with Gasteiger partial charge in [0.25, 0.3) is 0 Å². The topological polar surface area (TPSA) is 45.5 Å². The third kappa shape index (κ3) is 0.706. The van der Waals surface area contributed by atoms with E-state index in [2.05, 4.69) is 0 Å². The molecule has 4 nitrogen and oxygen atoms in total. The van der Waals surface area contributed by atoms with Gasteiger partial charge in [0.15, 0.2) is 11.5 Å². The molecule has 1 heterocycles. The first kappa shape index (κ1) is 5.52. The summed E-state index contributed by atoms with van der Waals surface area (Å²) in [5, 5.41) is 0.574. The molecule has 0 unspecified atom stereocenters. The van der Waals surface area contributed by atoms with Gasteiger partial charge in [-0.3, -0.25) is 0 Å². The van der Waals surface area contributed by atoms with Gasteiger partial charge >= 0.3 is 0 Å². The maximum absolute atomic E-state index is 6.91. The number of hydrogen-bond acceptors (Lipinski definition) is 3. The van der Waals surface area contributed by atoms with Crippen molar-refractivity contribution in [3.8, 4) is 11.5 Å². The number of hydrogen-bond donors (Lipinski definition) is 0. The molecule has 1 aliphatic rings. The number of nitrogens with zero attached hydrogens (tertiary/aromatic N) is 1. The van der Waals surface area contributed by atoms with Gasteiger partial charge in [-0.25, -0.2) is 0 Å². The van der Waals surface area contributed by atoms with E-state index in [4.69, 9.17) is 15.5 Å². The molecule has 1 aliphatic heterocycles. The van der Waals surface area contributed by atoms with Gasteiger partial charge in [-0.05, 0) is 12.1 Å². The Morgan fingerprint density at radius 1 is 1.10 bits per heavy atom.